The van der Waals surface area contributed by atoms with E-state index >= 15 is 0 Å². The fourth-order valence-electron chi connectivity index (χ4n) is 2.22. The summed E-state index contributed by atoms with van der Waals surface area (Å²) in [5.74, 6) is 1.03. The third kappa shape index (κ3) is 5.73. The van der Waals surface area contributed by atoms with Crippen LogP contribution < -0.4 is 15.4 Å². The van der Waals surface area contributed by atoms with Crippen molar-refractivity contribution in [3.63, 3.8) is 0 Å². The minimum absolute atomic E-state index is 0.0125. The molecule has 0 unspecified atom stereocenters. The van der Waals surface area contributed by atoms with Gasteiger partial charge in [0.15, 0.2) is 9.84 Å². The van der Waals surface area contributed by atoms with Gasteiger partial charge >= 0.3 is 6.03 Å². The Bertz CT molecular complexity index is 621. The molecule has 2 amide bonds. The number of hydrogen-bond acceptors (Lipinski definition) is 4. The van der Waals surface area contributed by atoms with Crippen molar-refractivity contribution in [1.82, 2.24) is 10.6 Å². The second-order valence-corrected chi connectivity index (χ2v) is 7.88. The number of amides is 2. The number of carbonyl (C=O) groups is 1. The van der Waals surface area contributed by atoms with Crippen LogP contribution in [0.1, 0.15) is 6.42 Å². The number of halogens is 1. The third-order valence-electron chi connectivity index (χ3n) is 3.33. The van der Waals surface area contributed by atoms with E-state index in [9.17, 15) is 13.2 Å². The number of urea groups is 1. The zero-order chi connectivity index (χ0) is 16.0. The molecule has 2 N–H and O–H groups in total. The van der Waals surface area contributed by atoms with E-state index in [-0.39, 0.29) is 23.5 Å². The fourth-order valence-corrected chi connectivity index (χ4v) is 4.26. The number of nitrogens with one attached hydrogen (secondary N) is 2. The molecule has 0 aromatic heterocycles. The third-order valence-corrected chi connectivity index (χ3v) is 5.40. The number of carbonyl (C=O) groups excluding carboxylic acids is 1. The summed E-state index contributed by atoms with van der Waals surface area (Å²) in [4.78, 5) is 11.6. The minimum Gasteiger partial charge on any atom is -0.492 e. The van der Waals surface area contributed by atoms with E-state index in [4.69, 9.17) is 16.3 Å². The first kappa shape index (κ1) is 16.9. The summed E-state index contributed by atoms with van der Waals surface area (Å²) in [6, 6.07) is 6.70. The Hall–Kier alpha value is -1.47. The Kier molecular flexibility index (Phi) is 5.90. The molecule has 1 atom stereocenters. The maximum atomic E-state index is 11.6. The maximum Gasteiger partial charge on any atom is 0.314 e. The molecular formula is C14H19ClN2O4S. The van der Waals surface area contributed by atoms with Crippen molar-refractivity contribution >= 4 is 27.5 Å². The molecular weight excluding hydrogens is 328 g/mol. The summed E-state index contributed by atoms with van der Waals surface area (Å²) >= 11 is 5.83. The van der Waals surface area contributed by atoms with Crippen molar-refractivity contribution in [3.8, 4) is 5.75 Å². The van der Waals surface area contributed by atoms with Gasteiger partial charge in [-0.05, 0) is 30.5 Å². The lowest BCUT2D eigenvalue weighted by atomic mass is 10.1. The second-order valence-electron chi connectivity index (χ2n) is 5.21. The van der Waals surface area contributed by atoms with E-state index in [0.29, 0.717) is 36.9 Å². The molecule has 1 aliphatic heterocycles. The summed E-state index contributed by atoms with van der Waals surface area (Å²) in [6.07, 6.45) is 0.612. The average molecular weight is 347 g/mol. The Balaban J connectivity index is 1.58. The number of rotatable bonds is 6. The molecule has 1 aromatic rings. The van der Waals surface area contributed by atoms with Crippen LogP contribution in [0.15, 0.2) is 24.3 Å². The van der Waals surface area contributed by atoms with Gasteiger partial charge in [-0.25, -0.2) is 13.2 Å². The minimum atomic E-state index is -2.90. The molecule has 0 saturated carbocycles. The Morgan fingerprint density at radius 2 is 2.18 bits per heavy atom. The molecule has 1 aliphatic rings. The van der Waals surface area contributed by atoms with Gasteiger partial charge in [0.05, 0.1) is 18.1 Å². The van der Waals surface area contributed by atoms with Crippen molar-refractivity contribution in [2.45, 2.75) is 6.42 Å². The second kappa shape index (κ2) is 7.69. The van der Waals surface area contributed by atoms with E-state index < -0.39 is 9.84 Å². The van der Waals surface area contributed by atoms with Gasteiger partial charge in [0.2, 0.25) is 0 Å². The molecule has 1 fully saturated rings. The molecule has 22 heavy (non-hydrogen) atoms. The van der Waals surface area contributed by atoms with Gasteiger partial charge in [-0.1, -0.05) is 17.7 Å². The van der Waals surface area contributed by atoms with E-state index in [1.807, 2.05) is 0 Å². The zero-order valence-corrected chi connectivity index (χ0v) is 13.6. The van der Waals surface area contributed by atoms with Crippen LogP contribution in [0.4, 0.5) is 4.79 Å². The topological polar surface area (TPSA) is 84.5 Å². The van der Waals surface area contributed by atoms with Crippen LogP contribution in [0.25, 0.3) is 0 Å². The maximum absolute atomic E-state index is 11.6. The first-order valence-electron chi connectivity index (χ1n) is 7.05. The number of benzene rings is 1. The molecule has 6 nitrogen and oxygen atoms in total. The molecule has 0 aliphatic carbocycles. The lowest BCUT2D eigenvalue weighted by Gasteiger charge is -2.11. The molecule has 0 bridgehead atoms. The first-order valence-corrected chi connectivity index (χ1v) is 9.25. The van der Waals surface area contributed by atoms with Crippen LogP contribution in [-0.2, 0) is 9.84 Å². The number of hydrogen-bond donors (Lipinski definition) is 2. The van der Waals surface area contributed by atoms with Crippen LogP contribution in [0, 0.1) is 5.92 Å². The lowest BCUT2D eigenvalue weighted by Crippen LogP contribution is -2.40. The van der Waals surface area contributed by atoms with E-state index in [1.54, 1.807) is 24.3 Å². The van der Waals surface area contributed by atoms with Crippen LogP contribution in [0.5, 0.6) is 5.75 Å². The molecule has 1 heterocycles. The highest BCUT2D eigenvalue weighted by molar-refractivity contribution is 7.91. The number of ether oxygens (including phenoxy) is 1. The molecule has 1 aromatic carbocycles. The largest absolute Gasteiger partial charge is 0.492 e. The lowest BCUT2D eigenvalue weighted by molar-refractivity contribution is 0.235. The van der Waals surface area contributed by atoms with Gasteiger partial charge in [0.25, 0.3) is 0 Å². The smallest absolute Gasteiger partial charge is 0.314 e. The van der Waals surface area contributed by atoms with Crippen molar-refractivity contribution in [2.24, 2.45) is 5.92 Å². The van der Waals surface area contributed by atoms with Gasteiger partial charge in [0.1, 0.15) is 12.4 Å². The Labute approximate surface area is 135 Å². The van der Waals surface area contributed by atoms with Gasteiger partial charge in [-0.3, -0.25) is 0 Å². The summed E-state index contributed by atoms with van der Waals surface area (Å²) < 4.78 is 28.0. The molecule has 0 spiro atoms. The predicted molar refractivity (Wildman–Crippen MR) is 85.1 cm³/mol. The van der Waals surface area contributed by atoms with Crippen molar-refractivity contribution in [1.29, 1.82) is 0 Å². The fraction of sp³-hybridized carbons (Fsp3) is 0.500. The Morgan fingerprint density at radius 1 is 1.36 bits per heavy atom. The molecule has 8 heteroatoms. The van der Waals surface area contributed by atoms with Gasteiger partial charge < -0.3 is 15.4 Å². The number of sulfone groups is 1. The zero-order valence-electron chi connectivity index (χ0n) is 12.0. The van der Waals surface area contributed by atoms with Crippen LogP contribution >= 0.6 is 11.6 Å². The normalized spacial score (nSPS) is 19.6. The van der Waals surface area contributed by atoms with Crippen molar-refractivity contribution in [3.05, 3.63) is 29.3 Å². The highest BCUT2D eigenvalue weighted by atomic mass is 35.5. The van der Waals surface area contributed by atoms with Gasteiger partial charge in [0, 0.05) is 11.6 Å². The molecule has 1 saturated heterocycles. The van der Waals surface area contributed by atoms with E-state index in [0.717, 1.165) is 0 Å². The van der Waals surface area contributed by atoms with Gasteiger partial charge in [-0.2, -0.15) is 0 Å². The van der Waals surface area contributed by atoms with Gasteiger partial charge in [-0.15, -0.1) is 0 Å². The van der Waals surface area contributed by atoms with Crippen molar-refractivity contribution < 1.29 is 17.9 Å². The van der Waals surface area contributed by atoms with E-state index in [1.165, 1.54) is 0 Å². The Morgan fingerprint density at radius 3 is 2.86 bits per heavy atom. The summed E-state index contributed by atoms with van der Waals surface area (Å²) in [7, 11) is -2.90. The molecule has 2 rings (SSSR count). The standard InChI is InChI=1S/C14H19ClN2O4S/c15-12-2-1-3-13(8-12)21-6-5-16-14(18)17-9-11-4-7-22(19,20)10-11/h1-3,8,11H,4-7,9-10H2,(H2,16,17,18)/t11-/m1/s1. The molecule has 0 radical (unpaired) electrons. The molecule has 122 valence electrons. The summed E-state index contributed by atoms with van der Waals surface area (Å²) in [5.41, 5.74) is 0. The predicted octanol–water partition coefficient (Wildman–Crippen LogP) is 1.45. The van der Waals surface area contributed by atoms with Crippen LogP contribution in [0.3, 0.4) is 0 Å². The van der Waals surface area contributed by atoms with E-state index in [2.05, 4.69) is 10.6 Å². The quantitative estimate of drug-likeness (QED) is 0.764. The highest BCUT2D eigenvalue weighted by Crippen LogP contribution is 2.17. The first-order chi connectivity index (χ1) is 10.4. The average Bonchev–Trinajstić information content (AvgIpc) is 2.81. The monoisotopic (exact) mass is 346 g/mol. The SMILES string of the molecule is O=C(NCCOc1cccc(Cl)c1)NC[C@H]1CCS(=O)(=O)C1. The van der Waals surface area contributed by atoms with Crippen molar-refractivity contribution in [2.75, 3.05) is 31.2 Å². The van der Waals surface area contributed by atoms with Crippen LogP contribution in [0.2, 0.25) is 5.02 Å². The summed E-state index contributed by atoms with van der Waals surface area (Å²) in [5, 5.41) is 5.93. The van der Waals surface area contributed by atoms with Crippen LogP contribution in [-0.4, -0.2) is 45.7 Å². The summed E-state index contributed by atoms with van der Waals surface area (Å²) in [6.45, 7) is 1.05. The highest BCUT2D eigenvalue weighted by Gasteiger charge is 2.27.